The third-order valence-corrected chi connectivity index (χ3v) is 2.42. The normalized spacial score (nSPS) is 11.2. The van der Waals surface area contributed by atoms with E-state index in [0.717, 1.165) is 5.56 Å². The molecule has 17 heavy (non-hydrogen) atoms. The highest BCUT2D eigenvalue weighted by Gasteiger charge is 2.20. The van der Waals surface area contributed by atoms with E-state index in [0.29, 0.717) is 13.0 Å². The molecule has 4 heteroatoms. The minimum Gasteiger partial charge on any atom is -0.504 e. The molecule has 0 heterocycles. The van der Waals surface area contributed by atoms with Gasteiger partial charge in [-0.25, -0.2) is 0 Å². The average molecular weight is 237 g/mol. The van der Waals surface area contributed by atoms with Crippen LogP contribution in [0.1, 0.15) is 26.3 Å². The number of amides is 1. The standard InChI is InChI=1S/C13H19NO3/c1-13(2,3)12(17)14-7-6-9-4-5-10(15)11(16)8-9/h4-5,8,15-16H,6-7H2,1-3H3,(H,14,17). The van der Waals surface area contributed by atoms with Crippen molar-refractivity contribution in [2.45, 2.75) is 27.2 Å². The maximum absolute atomic E-state index is 11.6. The zero-order valence-corrected chi connectivity index (χ0v) is 10.4. The van der Waals surface area contributed by atoms with Crippen molar-refractivity contribution < 1.29 is 15.0 Å². The van der Waals surface area contributed by atoms with E-state index >= 15 is 0 Å². The molecule has 0 spiro atoms. The molecule has 1 rings (SSSR count). The second kappa shape index (κ2) is 5.08. The molecule has 0 bridgehead atoms. The first-order chi connectivity index (χ1) is 7.80. The number of phenols is 2. The van der Waals surface area contributed by atoms with Crippen molar-refractivity contribution in [1.29, 1.82) is 0 Å². The molecule has 0 fully saturated rings. The number of hydrogen-bond donors (Lipinski definition) is 3. The fourth-order valence-corrected chi connectivity index (χ4v) is 1.31. The third kappa shape index (κ3) is 3.98. The van der Waals surface area contributed by atoms with Gasteiger partial charge in [0.15, 0.2) is 11.5 Å². The summed E-state index contributed by atoms with van der Waals surface area (Å²) in [5.74, 6) is -0.266. The third-order valence-electron chi connectivity index (χ3n) is 2.42. The van der Waals surface area contributed by atoms with Crippen LogP contribution >= 0.6 is 0 Å². The lowest BCUT2D eigenvalue weighted by Gasteiger charge is -2.17. The Kier molecular flexibility index (Phi) is 3.99. The molecule has 0 aliphatic heterocycles. The first kappa shape index (κ1) is 13.4. The van der Waals surface area contributed by atoms with Crippen LogP contribution in [0.2, 0.25) is 0 Å². The quantitative estimate of drug-likeness (QED) is 0.702. The Balaban J connectivity index is 2.46. The highest BCUT2D eigenvalue weighted by atomic mass is 16.3. The molecule has 1 aromatic carbocycles. The van der Waals surface area contributed by atoms with Crippen molar-refractivity contribution in [2.24, 2.45) is 5.41 Å². The molecule has 0 saturated carbocycles. The molecule has 1 aromatic rings. The molecular weight excluding hydrogens is 218 g/mol. The fraction of sp³-hybridized carbons (Fsp3) is 0.462. The van der Waals surface area contributed by atoms with Gasteiger partial charge in [-0.15, -0.1) is 0 Å². The Bertz CT molecular complexity index is 408. The lowest BCUT2D eigenvalue weighted by atomic mass is 9.95. The topological polar surface area (TPSA) is 69.6 Å². The molecule has 0 unspecified atom stereocenters. The van der Waals surface area contributed by atoms with Gasteiger partial charge in [0.1, 0.15) is 0 Å². The van der Waals surface area contributed by atoms with Gasteiger partial charge < -0.3 is 15.5 Å². The zero-order valence-electron chi connectivity index (χ0n) is 10.4. The van der Waals surface area contributed by atoms with Crippen molar-refractivity contribution in [1.82, 2.24) is 5.32 Å². The number of hydrogen-bond acceptors (Lipinski definition) is 3. The number of rotatable bonds is 3. The van der Waals surface area contributed by atoms with E-state index < -0.39 is 5.41 Å². The highest BCUT2D eigenvalue weighted by molar-refractivity contribution is 5.81. The van der Waals surface area contributed by atoms with Crippen molar-refractivity contribution in [2.75, 3.05) is 6.54 Å². The molecular formula is C13H19NO3. The molecule has 1 amide bonds. The first-order valence-electron chi connectivity index (χ1n) is 5.60. The van der Waals surface area contributed by atoms with Crippen LogP contribution in [-0.4, -0.2) is 22.7 Å². The number of nitrogens with one attached hydrogen (secondary N) is 1. The monoisotopic (exact) mass is 237 g/mol. The maximum atomic E-state index is 11.6. The molecule has 4 nitrogen and oxygen atoms in total. The van der Waals surface area contributed by atoms with E-state index in [2.05, 4.69) is 5.32 Å². The summed E-state index contributed by atoms with van der Waals surface area (Å²) in [5, 5.41) is 21.3. The predicted molar refractivity (Wildman–Crippen MR) is 65.9 cm³/mol. The van der Waals surface area contributed by atoms with Gasteiger partial charge in [0.05, 0.1) is 0 Å². The highest BCUT2D eigenvalue weighted by Crippen LogP contribution is 2.24. The summed E-state index contributed by atoms with van der Waals surface area (Å²) in [4.78, 5) is 11.6. The number of carbonyl (C=O) groups excluding carboxylic acids is 1. The molecule has 0 aromatic heterocycles. The SMILES string of the molecule is CC(C)(C)C(=O)NCCc1ccc(O)c(O)c1. The molecule has 0 radical (unpaired) electrons. The lowest BCUT2D eigenvalue weighted by Crippen LogP contribution is -2.35. The Labute approximate surface area is 101 Å². The summed E-state index contributed by atoms with van der Waals surface area (Å²) >= 11 is 0. The van der Waals surface area contributed by atoms with Gasteiger partial charge in [-0.3, -0.25) is 4.79 Å². The number of aromatic hydroxyl groups is 2. The van der Waals surface area contributed by atoms with E-state index in [1.807, 2.05) is 20.8 Å². The van der Waals surface area contributed by atoms with Crippen molar-refractivity contribution in [3.8, 4) is 11.5 Å². The molecule has 0 aliphatic rings. The largest absolute Gasteiger partial charge is 0.504 e. The number of phenolic OH excluding ortho intramolecular Hbond substituents is 2. The van der Waals surface area contributed by atoms with E-state index in [1.165, 1.54) is 12.1 Å². The molecule has 0 saturated heterocycles. The van der Waals surface area contributed by atoms with Gasteiger partial charge in [0.25, 0.3) is 0 Å². The van der Waals surface area contributed by atoms with Crippen molar-refractivity contribution >= 4 is 5.91 Å². The Morgan fingerprint density at radius 1 is 1.24 bits per heavy atom. The van der Waals surface area contributed by atoms with E-state index in [1.54, 1.807) is 6.07 Å². The second-order valence-electron chi connectivity index (χ2n) is 5.08. The van der Waals surface area contributed by atoms with Crippen LogP contribution in [0.3, 0.4) is 0 Å². The summed E-state index contributed by atoms with van der Waals surface area (Å²) in [5.41, 5.74) is 0.478. The summed E-state index contributed by atoms with van der Waals surface area (Å²) in [6.07, 6.45) is 0.621. The summed E-state index contributed by atoms with van der Waals surface area (Å²) in [6.45, 7) is 6.08. The number of carbonyl (C=O) groups is 1. The molecule has 94 valence electrons. The average Bonchev–Trinajstić information content (AvgIpc) is 2.22. The van der Waals surface area contributed by atoms with Crippen LogP contribution in [0, 0.1) is 5.41 Å². The first-order valence-corrected chi connectivity index (χ1v) is 5.60. The molecule has 0 atom stereocenters. The molecule has 3 N–H and O–H groups in total. The van der Waals surface area contributed by atoms with Gasteiger partial charge in [0.2, 0.25) is 5.91 Å². The van der Waals surface area contributed by atoms with Crippen LogP contribution in [0.4, 0.5) is 0 Å². The Morgan fingerprint density at radius 3 is 2.41 bits per heavy atom. The van der Waals surface area contributed by atoms with Crippen molar-refractivity contribution in [3.05, 3.63) is 23.8 Å². The fourth-order valence-electron chi connectivity index (χ4n) is 1.31. The predicted octanol–water partition coefficient (Wildman–Crippen LogP) is 1.80. The van der Waals surface area contributed by atoms with Crippen LogP contribution in [-0.2, 0) is 11.2 Å². The molecule has 0 aliphatic carbocycles. The van der Waals surface area contributed by atoms with Gasteiger partial charge in [-0.05, 0) is 24.1 Å². The van der Waals surface area contributed by atoms with Crippen LogP contribution in [0.25, 0.3) is 0 Å². The van der Waals surface area contributed by atoms with Crippen LogP contribution in [0.15, 0.2) is 18.2 Å². The van der Waals surface area contributed by atoms with E-state index in [4.69, 9.17) is 5.11 Å². The summed E-state index contributed by atoms with van der Waals surface area (Å²) in [7, 11) is 0. The van der Waals surface area contributed by atoms with Gasteiger partial charge in [-0.1, -0.05) is 26.8 Å². The Hall–Kier alpha value is -1.71. The summed E-state index contributed by atoms with van der Waals surface area (Å²) in [6, 6.07) is 4.66. The second-order valence-corrected chi connectivity index (χ2v) is 5.08. The minimum absolute atomic E-state index is 0.000463. The maximum Gasteiger partial charge on any atom is 0.225 e. The van der Waals surface area contributed by atoms with Gasteiger partial charge in [-0.2, -0.15) is 0 Å². The minimum atomic E-state index is -0.392. The zero-order chi connectivity index (χ0) is 13.1. The van der Waals surface area contributed by atoms with Crippen molar-refractivity contribution in [3.63, 3.8) is 0 Å². The van der Waals surface area contributed by atoms with Gasteiger partial charge >= 0.3 is 0 Å². The number of benzene rings is 1. The Morgan fingerprint density at radius 2 is 1.88 bits per heavy atom. The van der Waals surface area contributed by atoms with Crippen LogP contribution < -0.4 is 5.32 Å². The summed E-state index contributed by atoms with van der Waals surface area (Å²) < 4.78 is 0. The van der Waals surface area contributed by atoms with E-state index in [9.17, 15) is 9.90 Å². The lowest BCUT2D eigenvalue weighted by molar-refractivity contribution is -0.128. The van der Waals surface area contributed by atoms with E-state index in [-0.39, 0.29) is 17.4 Å². The van der Waals surface area contributed by atoms with Gasteiger partial charge in [0, 0.05) is 12.0 Å². The smallest absolute Gasteiger partial charge is 0.225 e. The van der Waals surface area contributed by atoms with Crippen LogP contribution in [0.5, 0.6) is 11.5 Å².